The Morgan fingerprint density at radius 3 is 1.86 bits per heavy atom. The number of hydrogen-bond donors (Lipinski definition) is 0. The van der Waals surface area contributed by atoms with E-state index in [2.05, 4.69) is 69.8 Å². The van der Waals surface area contributed by atoms with Gasteiger partial charge in [-0.1, -0.05) is 81.9 Å². The fraction of sp³-hybridized carbons (Fsp3) is 0.250. The average molecular weight is 542 g/mol. The lowest BCUT2D eigenvalue weighted by Gasteiger charge is -2.19. The van der Waals surface area contributed by atoms with Crippen molar-refractivity contribution in [1.29, 1.82) is 0 Å². The number of benzene rings is 2. The first-order chi connectivity index (χ1) is 10.2. The maximum absolute atomic E-state index is 6.10. The van der Waals surface area contributed by atoms with Crippen LogP contribution in [0.15, 0.2) is 36.4 Å². The molecule has 0 fully saturated rings. The Morgan fingerprint density at radius 1 is 0.714 bits per heavy atom. The van der Waals surface area contributed by atoms with E-state index in [0.29, 0.717) is 0 Å². The van der Waals surface area contributed by atoms with E-state index in [-0.39, 0.29) is 0 Å². The van der Waals surface area contributed by atoms with Crippen molar-refractivity contribution in [3.63, 3.8) is 0 Å². The predicted molar refractivity (Wildman–Crippen MR) is 103 cm³/mol. The number of para-hydroxylation sites is 1. The molecule has 0 saturated carbocycles. The molecule has 0 unspecified atom stereocenters. The lowest BCUT2D eigenvalue weighted by atomic mass is 9.98. The van der Waals surface area contributed by atoms with Gasteiger partial charge < -0.3 is 4.74 Å². The second kappa shape index (κ2) is 8.70. The summed E-state index contributed by atoms with van der Waals surface area (Å²) >= 11 is 14.4. The van der Waals surface area contributed by atoms with Crippen LogP contribution in [0.2, 0.25) is 0 Å². The van der Waals surface area contributed by atoms with Crippen LogP contribution in [0, 0.1) is 0 Å². The van der Waals surface area contributed by atoms with Crippen molar-refractivity contribution < 1.29 is 4.74 Å². The molecule has 2 aromatic rings. The van der Waals surface area contributed by atoms with Gasteiger partial charge in [0.25, 0.3) is 0 Å². The standard InChI is InChI=1S/C16H14Br4O/c17-7-11-6-16(21-12-4-2-1-3-5-12)15(10-20)14(9-19)13(11)8-18/h1-6H,7-10H2. The van der Waals surface area contributed by atoms with Gasteiger partial charge >= 0.3 is 0 Å². The molecule has 0 heterocycles. The summed E-state index contributed by atoms with van der Waals surface area (Å²) in [7, 11) is 0. The number of hydrogen-bond acceptors (Lipinski definition) is 1. The van der Waals surface area contributed by atoms with Crippen molar-refractivity contribution in [3.8, 4) is 11.5 Å². The third kappa shape index (κ3) is 4.12. The highest BCUT2D eigenvalue weighted by Crippen LogP contribution is 2.36. The summed E-state index contributed by atoms with van der Waals surface area (Å²) in [4.78, 5) is 0. The molecule has 0 spiro atoms. The average Bonchev–Trinajstić information content (AvgIpc) is 2.54. The highest BCUT2D eigenvalue weighted by Gasteiger charge is 2.17. The van der Waals surface area contributed by atoms with Crippen LogP contribution in [0.3, 0.4) is 0 Å². The molecule has 0 atom stereocenters. The second-order valence-electron chi connectivity index (χ2n) is 4.42. The molecular formula is C16H14Br4O. The molecule has 2 rings (SSSR count). The Bertz CT molecular complexity index is 599. The zero-order valence-corrected chi connectivity index (χ0v) is 17.6. The molecule has 0 aliphatic heterocycles. The van der Waals surface area contributed by atoms with Gasteiger partial charge in [-0.15, -0.1) is 0 Å². The van der Waals surface area contributed by atoms with E-state index >= 15 is 0 Å². The third-order valence-corrected chi connectivity index (χ3v) is 5.52. The second-order valence-corrected chi connectivity index (χ2v) is 6.66. The Hall–Kier alpha value is 0.160. The van der Waals surface area contributed by atoms with Crippen LogP contribution in [0.1, 0.15) is 22.3 Å². The first-order valence-electron chi connectivity index (χ1n) is 6.38. The van der Waals surface area contributed by atoms with Crippen molar-refractivity contribution in [3.05, 3.63) is 58.7 Å². The van der Waals surface area contributed by atoms with E-state index in [0.717, 1.165) is 32.8 Å². The largest absolute Gasteiger partial charge is 0.457 e. The van der Waals surface area contributed by atoms with Gasteiger partial charge in [0, 0.05) is 26.9 Å². The minimum absolute atomic E-state index is 0.763. The molecule has 0 N–H and O–H groups in total. The molecule has 0 amide bonds. The van der Waals surface area contributed by atoms with Gasteiger partial charge in [-0.05, 0) is 34.9 Å². The Morgan fingerprint density at radius 2 is 1.33 bits per heavy atom. The molecule has 0 radical (unpaired) electrons. The summed E-state index contributed by atoms with van der Waals surface area (Å²) in [6.45, 7) is 0. The summed E-state index contributed by atoms with van der Waals surface area (Å²) in [6.07, 6.45) is 0. The molecule has 1 nitrogen and oxygen atoms in total. The maximum atomic E-state index is 6.10. The summed E-state index contributed by atoms with van der Waals surface area (Å²) in [5, 5.41) is 3.21. The van der Waals surface area contributed by atoms with Gasteiger partial charge in [-0.3, -0.25) is 0 Å². The maximum Gasteiger partial charge on any atom is 0.132 e. The van der Waals surface area contributed by atoms with Crippen molar-refractivity contribution in [2.75, 3.05) is 0 Å². The smallest absolute Gasteiger partial charge is 0.132 e. The zero-order valence-electron chi connectivity index (χ0n) is 11.2. The van der Waals surface area contributed by atoms with Crippen molar-refractivity contribution >= 4 is 63.7 Å². The summed E-state index contributed by atoms with van der Waals surface area (Å²) in [5.41, 5.74) is 5.04. The fourth-order valence-electron chi connectivity index (χ4n) is 2.16. The highest BCUT2D eigenvalue weighted by molar-refractivity contribution is 9.09. The van der Waals surface area contributed by atoms with E-state index < -0.39 is 0 Å². The summed E-state index contributed by atoms with van der Waals surface area (Å²) < 4.78 is 6.10. The van der Waals surface area contributed by atoms with E-state index in [9.17, 15) is 0 Å². The highest BCUT2D eigenvalue weighted by atomic mass is 79.9. The number of ether oxygens (including phenoxy) is 1. The molecule has 112 valence electrons. The molecule has 0 aliphatic carbocycles. The molecule has 0 aliphatic rings. The normalized spacial score (nSPS) is 10.7. The summed E-state index contributed by atoms with van der Waals surface area (Å²) in [5.74, 6) is 1.76. The number of alkyl halides is 4. The van der Waals surface area contributed by atoms with Crippen LogP contribution < -0.4 is 4.74 Å². The van der Waals surface area contributed by atoms with Crippen molar-refractivity contribution in [1.82, 2.24) is 0 Å². The van der Waals surface area contributed by atoms with Crippen LogP contribution in [0.25, 0.3) is 0 Å². The minimum atomic E-state index is 0.763. The Labute approximate surface area is 159 Å². The van der Waals surface area contributed by atoms with Crippen LogP contribution in [0.4, 0.5) is 0 Å². The molecule has 0 aromatic heterocycles. The van der Waals surface area contributed by atoms with Crippen LogP contribution in [0.5, 0.6) is 11.5 Å². The van der Waals surface area contributed by atoms with Crippen LogP contribution in [-0.4, -0.2) is 0 Å². The topological polar surface area (TPSA) is 9.23 Å². The monoisotopic (exact) mass is 538 g/mol. The third-order valence-electron chi connectivity index (χ3n) is 3.23. The van der Waals surface area contributed by atoms with Crippen molar-refractivity contribution in [2.24, 2.45) is 0 Å². The summed E-state index contributed by atoms with van der Waals surface area (Å²) in [6, 6.07) is 12.0. The number of rotatable bonds is 6. The zero-order chi connectivity index (χ0) is 15.2. The van der Waals surface area contributed by atoms with E-state index in [1.54, 1.807) is 0 Å². The molecule has 5 heteroatoms. The minimum Gasteiger partial charge on any atom is -0.457 e. The molecular weight excluding hydrogens is 528 g/mol. The van der Waals surface area contributed by atoms with Gasteiger partial charge in [-0.25, -0.2) is 0 Å². The van der Waals surface area contributed by atoms with E-state index in [1.165, 1.54) is 22.3 Å². The van der Waals surface area contributed by atoms with Gasteiger partial charge in [0.2, 0.25) is 0 Å². The Balaban J connectivity index is 2.54. The molecule has 0 bridgehead atoms. The van der Waals surface area contributed by atoms with E-state index in [4.69, 9.17) is 4.74 Å². The van der Waals surface area contributed by atoms with Gasteiger partial charge in [0.15, 0.2) is 0 Å². The molecule has 0 saturated heterocycles. The predicted octanol–water partition coefficient (Wildman–Crippen LogP) is 7.06. The first kappa shape index (κ1) is 17.5. The molecule has 2 aromatic carbocycles. The quantitative estimate of drug-likeness (QED) is 0.356. The van der Waals surface area contributed by atoms with Crippen molar-refractivity contribution in [2.45, 2.75) is 21.3 Å². The van der Waals surface area contributed by atoms with Gasteiger partial charge in [0.05, 0.1) is 0 Å². The van der Waals surface area contributed by atoms with Gasteiger partial charge in [0.1, 0.15) is 11.5 Å². The lowest BCUT2D eigenvalue weighted by Crippen LogP contribution is -2.02. The number of halogens is 4. The van der Waals surface area contributed by atoms with Crippen LogP contribution >= 0.6 is 63.7 Å². The van der Waals surface area contributed by atoms with Crippen LogP contribution in [-0.2, 0) is 21.3 Å². The van der Waals surface area contributed by atoms with E-state index in [1.807, 2.05) is 30.3 Å². The molecule has 21 heavy (non-hydrogen) atoms. The fourth-order valence-corrected chi connectivity index (χ4v) is 4.65. The first-order valence-corrected chi connectivity index (χ1v) is 10.9. The lowest BCUT2D eigenvalue weighted by molar-refractivity contribution is 0.477. The van der Waals surface area contributed by atoms with Gasteiger partial charge in [-0.2, -0.15) is 0 Å². The Kier molecular flexibility index (Phi) is 7.26. The SMILES string of the molecule is BrCc1cc(Oc2ccccc2)c(CBr)c(CBr)c1CBr.